The number of carboxylic acid groups (broad SMARTS) is 1. The third kappa shape index (κ3) is 7.57. The number of fused-ring (bicyclic) bond motifs is 1. The average Bonchev–Trinajstić information content (AvgIpc) is 2.90. The topological polar surface area (TPSA) is 88.1 Å². The minimum atomic E-state index is -0.880. The number of carboxylic acids is 1. The highest BCUT2D eigenvalue weighted by molar-refractivity contribution is 5.78. The summed E-state index contributed by atoms with van der Waals surface area (Å²) in [6, 6.07) is 21.7. The zero-order chi connectivity index (χ0) is 26.0. The molecule has 194 valence electrons. The fraction of sp³-hybridized carbons (Fsp3) is 0.333. The van der Waals surface area contributed by atoms with Crippen LogP contribution in [-0.2, 0) is 29.1 Å². The number of para-hydroxylation sites is 1. The van der Waals surface area contributed by atoms with Crippen molar-refractivity contribution >= 4 is 11.9 Å². The molecule has 0 saturated heterocycles. The molecule has 4 rings (SSSR count). The molecule has 0 spiro atoms. The number of aliphatic carboxylic acids is 1. The summed E-state index contributed by atoms with van der Waals surface area (Å²) in [5, 5.41) is 12.3. The molecule has 1 heterocycles. The number of carbonyl (C=O) groups excluding carboxylic acids is 1. The third-order valence-corrected chi connectivity index (χ3v) is 6.39. The second-order valence-corrected chi connectivity index (χ2v) is 9.32. The Balaban J connectivity index is 1.63. The summed E-state index contributed by atoms with van der Waals surface area (Å²) < 4.78 is 11.6. The molecular weight excluding hydrogens is 468 g/mol. The van der Waals surface area contributed by atoms with Gasteiger partial charge in [0.25, 0.3) is 0 Å². The van der Waals surface area contributed by atoms with E-state index in [2.05, 4.69) is 28.4 Å². The van der Waals surface area contributed by atoms with Gasteiger partial charge in [0.2, 0.25) is 5.91 Å². The monoisotopic (exact) mass is 502 g/mol. The molecule has 0 atom stereocenters. The summed E-state index contributed by atoms with van der Waals surface area (Å²) in [6.45, 7) is 2.45. The first kappa shape index (κ1) is 26.2. The second-order valence-electron chi connectivity index (χ2n) is 9.32. The number of nitrogens with zero attached hydrogens (tertiary/aromatic N) is 1. The fourth-order valence-corrected chi connectivity index (χ4v) is 4.64. The number of benzene rings is 3. The first-order chi connectivity index (χ1) is 18.0. The van der Waals surface area contributed by atoms with Crippen molar-refractivity contribution in [3.63, 3.8) is 0 Å². The molecule has 0 aromatic heterocycles. The van der Waals surface area contributed by atoms with Crippen LogP contribution in [0.2, 0.25) is 0 Å². The number of rotatable bonds is 6. The van der Waals surface area contributed by atoms with E-state index in [1.54, 1.807) is 13.2 Å². The van der Waals surface area contributed by atoms with Gasteiger partial charge in [-0.2, -0.15) is 0 Å². The Hall–Kier alpha value is -3.84. The quantitative estimate of drug-likeness (QED) is 0.509. The van der Waals surface area contributed by atoms with Crippen molar-refractivity contribution < 1.29 is 24.2 Å². The maximum absolute atomic E-state index is 12.8. The molecule has 2 N–H and O–H groups in total. The maximum atomic E-state index is 12.8. The van der Waals surface area contributed by atoms with Crippen molar-refractivity contribution in [2.45, 2.75) is 38.8 Å². The molecule has 0 unspecified atom stereocenters. The number of ether oxygens (including phenoxy) is 2. The van der Waals surface area contributed by atoms with Gasteiger partial charge in [-0.05, 0) is 54.2 Å². The van der Waals surface area contributed by atoms with Crippen molar-refractivity contribution in [2.24, 2.45) is 0 Å². The van der Waals surface area contributed by atoms with Crippen LogP contribution < -0.4 is 14.8 Å². The normalized spacial score (nSPS) is 15.2. The third-order valence-electron chi connectivity index (χ3n) is 6.39. The van der Waals surface area contributed by atoms with E-state index in [1.807, 2.05) is 42.5 Å². The van der Waals surface area contributed by atoms with Gasteiger partial charge < -0.3 is 19.9 Å². The summed E-state index contributed by atoms with van der Waals surface area (Å²) in [6.07, 6.45) is 2.70. The molecule has 7 nitrogen and oxygen atoms in total. The van der Waals surface area contributed by atoms with Crippen molar-refractivity contribution in [3.8, 4) is 22.6 Å². The molecule has 7 heteroatoms. The van der Waals surface area contributed by atoms with Crippen LogP contribution in [0.15, 0.2) is 66.7 Å². The second kappa shape index (κ2) is 12.9. The summed E-state index contributed by atoms with van der Waals surface area (Å²) in [4.78, 5) is 26.2. The highest BCUT2D eigenvalue weighted by atomic mass is 16.5. The lowest BCUT2D eigenvalue weighted by Gasteiger charge is -2.24. The van der Waals surface area contributed by atoms with Gasteiger partial charge in [-0.25, -0.2) is 0 Å². The predicted octanol–water partition coefficient (Wildman–Crippen LogP) is 4.67. The molecule has 0 saturated carbocycles. The molecule has 3 aromatic rings. The van der Waals surface area contributed by atoms with Crippen molar-refractivity contribution in [3.05, 3.63) is 83.4 Å². The fourth-order valence-electron chi connectivity index (χ4n) is 4.64. The molecular formula is C30H34N2O5. The van der Waals surface area contributed by atoms with E-state index in [-0.39, 0.29) is 18.9 Å². The van der Waals surface area contributed by atoms with Crippen LogP contribution >= 0.6 is 0 Å². The average molecular weight is 503 g/mol. The van der Waals surface area contributed by atoms with Crippen molar-refractivity contribution in [1.82, 2.24) is 10.2 Å². The predicted molar refractivity (Wildman–Crippen MR) is 143 cm³/mol. The molecule has 1 amide bonds. The molecule has 0 bridgehead atoms. The summed E-state index contributed by atoms with van der Waals surface area (Å²) >= 11 is 0. The maximum Gasteiger partial charge on any atom is 0.307 e. The smallest absolute Gasteiger partial charge is 0.307 e. The zero-order valence-corrected chi connectivity index (χ0v) is 21.2. The van der Waals surface area contributed by atoms with Crippen LogP contribution in [0.5, 0.6) is 11.5 Å². The van der Waals surface area contributed by atoms with Gasteiger partial charge in [0.1, 0.15) is 11.5 Å². The van der Waals surface area contributed by atoms with Crippen LogP contribution in [0, 0.1) is 0 Å². The standard InChI is InChI=1S/C30H34N2O5/c1-36-28-11-4-3-10-26(28)24-9-7-8-23(17-24)19-32-20-25-16-22(18-30(34)35)12-13-27(25)37-15-6-2-5-14-31-29(33)21-32/h3-4,7-13,16-17H,2,5-6,14-15,18-21H2,1H3,(H,31,33)(H,34,35). The van der Waals surface area contributed by atoms with Gasteiger partial charge in [-0.15, -0.1) is 0 Å². The van der Waals surface area contributed by atoms with Crippen molar-refractivity contribution in [1.29, 1.82) is 0 Å². The van der Waals surface area contributed by atoms with Crippen LogP contribution in [-0.4, -0.2) is 48.7 Å². The Morgan fingerprint density at radius 1 is 1.00 bits per heavy atom. The number of nitrogens with one attached hydrogen (secondary N) is 1. The number of hydrogen-bond donors (Lipinski definition) is 2. The Labute approximate surface area is 218 Å². The molecule has 37 heavy (non-hydrogen) atoms. The van der Waals surface area contributed by atoms with E-state index in [0.717, 1.165) is 53.0 Å². The Morgan fingerprint density at radius 3 is 2.70 bits per heavy atom. The van der Waals surface area contributed by atoms with Gasteiger partial charge >= 0.3 is 5.97 Å². The highest BCUT2D eigenvalue weighted by Crippen LogP contribution is 2.30. The lowest BCUT2D eigenvalue weighted by atomic mass is 10.0. The summed E-state index contributed by atoms with van der Waals surface area (Å²) in [7, 11) is 1.66. The number of carbonyl (C=O) groups is 2. The van der Waals surface area contributed by atoms with E-state index in [4.69, 9.17) is 9.47 Å². The van der Waals surface area contributed by atoms with E-state index in [0.29, 0.717) is 31.8 Å². The Bertz CT molecular complexity index is 1230. The summed E-state index contributed by atoms with van der Waals surface area (Å²) in [5.41, 5.74) is 4.70. The molecule has 3 aromatic carbocycles. The van der Waals surface area contributed by atoms with Crippen LogP contribution in [0.3, 0.4) is 0 Å². The summed E-state index contributed by atoms with van der Waals surface area (Å²) in [5.74, 6) is 0.638. The highest BCUT2D eigenvalue weighted by Gasteiger charge is 2.17. The largest absolute Gasteiger partial charge is 0.496 e. The Kier molecular flexibility index (Phi) is 9.16. The lowest BCUT2D eigenvalue weighted by Crippen LogP contribution is -2.37. The number of hydrogen-bond acceptors (Lipinski definition) is 5. The van der Waals surface area contributed by atoms with E-state index < -0.39 is 5.97 Å². The van der Waals surface area contributed by atoms with Gasteiger partial charge in [0.15, 0.2) is 0 Å². The number of methoxy groups -OCH3 is 1. The molecule has 0 fully saturated rings. The lowest BCUT2D eigenvalue weighted by molar-refractivity contribution is -0.136. The first-order valence-electron chi connectivity index (χ1n) is 12.7. The van der Waals surface area contributed by atoms with Crippen LogP contribution in [0.4, 0.5) is 0 Å². The van der Waals surface area contributed by atoms with Crippen molar-refractivity contribution in [2.75, 3.05) is 26.8 Å². The Morgan fingerprint density at radius 2 is 1.86 bits per heavy atom. The van der Waals surface area contributed by atoms with Gasteiger partial charge in [-0.3, -0.25) is 14.5 Å². The van der Waals surface area contributed by atoms with E-state index in [9.17, 15) is 14.7 Å². The molecule has 0 aliphatic carbocycles. The van der Waals surface area contributed by atoms with Gasteiger partial charge in [0.05, 0.1) is 26.7 Å². The van der Waals surface area contributed by atoms with Gasteiger partial charge in [-0.1, -0.05) is 48.5 Å². The van der Waals surface area contributed by atoms with Crippen LogP contribution in [0.25, 0.3) is 11.1 Å². The minimum Gasteiger partial charge on any atom is -0.496 e. The van der Waals surface area contributed by atoms with Crippen LogP contribution in [0.1, 0.15) is 36.0 Å². The number of amides is 1. The zero-order valence-electron chi connectivity index (χ0n) is 21.2. The molecule has 1 aliphatic rings. The van der Waals surface area contributed by atoms with E-state index >= 15 is 0 Å². The van der Waals surface area contributed by atoms with E-state index in [1.165, 1.54) is 0 Å². The van der Waals surface area contributed by atoms with Gasteiger partial charge in [0, 0.05) is 30.8 Å². The minimum absolute atomic E-state index is 0.0238. The first-order valence-corrected chi connectivity index (χ1v) is 12.7. The molecule has 0 radical (unpaired) electrons. The molecule has 1 aliphatic heterocycles. The SMILES string of the molecule is COc1ccccc1-c1cccc(CN2CC(=O)NCCCCCOc3ccc(CC(=O)O)cc3C2)c1.